The molecule has 1 fully saturated rings. The van der Waals surface area contributed by atoms with E-state index in [1.165, 1.54) is 0 Å². The van der Waals surface area contributed by atoms with Crippen LogP contribution in [-0.2, 0) is 9.59 Å². The number of nitrogens with one attached hydrogen (secondary N) is 2. The number of likely N-dealkylation sites (tertiary alicyclic amines) is 1. The van der Waals surface area contributed by atoms with Crippen LogP contribution in [0.3, 0.4) is 0 Å². The average molecular weight is 420 g/mol. The van der Waals surface area contributed by atoms with E-state index >= 15 is 0 Å². The fourth-order valence-corrected chi connectivity index (χ4v) is 2.95. The van der Waals surface area contributed by atoms with Crippen LogP contribution in [-0.4, -0.2) is 49.4 Å². The minimum atomic E-state index is -0.0599. The number of carbonyl (C=O) groups is 2. The summed E-state index contributed by atoms with van der Waals surface area (Å²) < 4.78 is 0.970. The third-order valence-corrected chi connectivity index (χ3v) is 4.34. The standard InChI is InChI=1S/C16H23BrN4O2.ClH/c17-13-3-5-14(6-4-13)20-15(22)11-21-9-1-2-12(10-21)16(23)19-8-7-18;/h3-6,12H,1-2,7-11,18H2,(H,19,23)(H,20,22);1H. The lowest BCUT2D eigenvalue weighted by molar-refractivity contribution is -0.127. The summed E-state index contributed by atoms with van der Waals surface area (Å²) in [6, 6.07) is 7.46. The van der Waals surface area contributed by atoms with Crippen LogP contribution in [0.25, 0.3) is 0 Å². The highest BCUT2D eigenvalue weighted by Gasteiger charge is 2.26. The highest BCUT2D eigenvalue weighted by atomic mass is 79.9. The predicted octanol–water partition coefficient (Wildman–Crippen LogP) is 1.60. The number of benzene rings is 1. The van der Waals surface area contributed by atoms with Crippen LogP contribution in [0.1, 0.15) is 12.8 Å². The SMILES string of the molecule is Cl.NCCNC(=O)C1CCCN(CC(=O)Nc2ccc(Br)cc2)C1. The van der Waals surface area contributed by atoms with Gasteiger partial charge in [-0.3, -0.25) is 14.5 Å². The van der Waals surface area contributed by atoms with Gasteiger partial charge in [0, 0.05) is 29.8 Å². The van der Waals surface area contributed by atoms with Crippen molar-refractivity contribution in [1.82, 2.24) is 10.2 Å². The smallest absolute Gasteiger partial charge is 0.238 e. The molecular formula is C16H24BrClN4O2. The number of hydrogen-bond acceptors (Lipinski definition) is 4. The molecule has 4 N–H and O–H groups in total. The van der Waals surface area contributed by atoms with Gasteiger partial charge in [-0.15, -0.1) is 12.4 Å². The number of rotatable bonds is 6. The quantitative estimate of drug-likeness (QED) is 0.653. The van der Waals surface area contributed by atoms with Crippen LogP contribution in [0, 0.1) is 5.92 Å². The number of halogens is 2. The van der Waals surface area contributed by atoms with Crippen LogP contribution >= 0.6 is 28.3 Å². The lowest BCUT2D eigenvalue weighted by Gasteiger charge is -2.31. The van der Waals surface area contributed by atoms with Gasteiger partial charge in [0.25, 0.3) is 0 Å². The van der Waals surface area contributed by atoms with Gasteiger partial charge in [-0.05, 0) is 43.7 Å². The van der Waals surface area contributed by atoms with Crippen LogP contribution in [0.5, 0.6) is 0 Å². The second kappa shape index (κ2) is 10.7. The average Bonchev–Trinajstić information content (AvgIpc) is 2.55. The molecule has 0 bridgehead atoms. The Morgan fingerprint density at radius 3 is 2.67 bits per heavy atom. The van der Waals surface area contributed by atoms with E-state index in [4.69, 9.17) is 5.73 Å². The summed E-state index contributed by atoms with van der Waals surface area (Å²) >= 11 is 3.36. The van der Waals surface area contributed by atoms with Crippen molar-refractivity contribution < 1.29 is 9.59 Å². The van der Waals surface area contributed by atoms with E-state index in [0.29, 0.717) is 26.2 Å². The Balaban J connectivity index is 0.00000288. The molecule has 0 spiro atoms. The van der Waals surface area contributed by atoms with Gasteiger partial charge in [0.15, 0.2) is 0 Å². The van der Waals surface area contributed by atoms with Gasteiger partial charge < -0.3 is 16.4 Å². The van der Waals surface area contributed by atoms with Gasteiger partial charge in [0.2, 0.25) is 11.8 Å². The minimum Gasteiger partial charge on any atom is -0.355 e. The van der Waals surface area contributed by atoms with E-state index in [9.17, 15) is 9.59 Å². The molecule has 2 rings (SSSR count). The van der Waals surface area contributed by atoms with Crippen LogP contribution in [0.2, 0.25) is 0 Å². The first kappa shape index (κ1) is 20.9. The number of anilines is 1. The van der Waals surface area contributed by atoms with Crippen molar-refractivity contribution in [2.45, 2.75) is 12.8 Å². The first-order valence-corrected chi connectivity index (χ1v) is 8.63. The zero-order valence-corrected chi connectivity index (χ0v) is 15.9. The fourth-order valence-electron chi connectivity index (χ4n) is 2.69. The molecular weight excluding hydrogens is 396 g/mol. The van der Waals surface area contributed by atoms with Crippen molar-refractivity contribution in [1.29, 1.82) is 0 Å². The minimum absolute atomic E-state index is 0. The van der Waals surface area contributed by atoms with Gasteiger partial charge in [0.1, 0.15) is 0 Å². The largest absolute Gasteiger partial charge is 0.355 e. The van der Waals surface area contributed by atoms with Gasteiger partial charge in [-0.2, -0.15) is 0 Å². The van der Waals surface area contributed by atoms with Crippen LogP contribution in [0.15, 0.2) is 28.7 Å². The molecule has 0 aliphatic carbocycles. The predicted molar refractivity (Wildman–Crippen MR) is 101 cm³/mol. The molecule has 0 saturated carbocycles. The third kappa shape index (κ3) is 6.76. The molecule has 134 valence electrons. The number of carbonyl (C=O) groups excluding carboxylic acids is 2. The summed E-state index contributed by atoms with van der Waals surface area (Å²) in [6.45, 7) is 2.70. The molecule has 1 heterocycles. The molecule has 0 aromatic heterocycles. The summed E-state index contributed by atoms with van der Waals surface area (Å²) in [6.07, 6.45) is 1.79. The third-order valence-electron chi connectivity index (χ3n) is 3.82. The van der Waals surface area contributed by atoms with Gasteiger partial charge in [-0.25, -0.2) is 0 Å². The Morgan fingerprint density at radius 2 is 2.00 bits per heavy atom. The zero-order chi connectivity index (χ0) is 16.7. The number of nitrogens with zero attached hydrogens (tertiary/aromatic N) is 1. The molecule has 8 heteroatoms. The maximum atomic E-state index is 12.1. The van der Waals surface area contributed by atoms with E-state index in [0.717, 1.165) is 29.5 Å². The lowest BCUT2D eigenvalue weighted by atomic mass is 9.97. The normalized spacial score (nSPS) is 17.7. The molecule has 24 heavy (non-hydrogen) atoms. The summed E-state index contributed by atoms with van der Waals surface area (Å²) in [5.41, 5.74) is 6.17. The van der Waals surface area contributed by atoms with Gasteiger partial charge in [-0.1, -0.05) is 15.9 Å². The number of amides is 2. The van der Waals surface area contributed by atoms with Gasteiger partial charge in [0.05, 0.1) is 12.5 Å². The molecule has 1 aromatic carbocycles. The van der Waals surface area contributed by atoms with Crippen LogP contribution < -0.4 is 16.4 Å². The Labute approximate surface area is 157 Å². The van der Waals surface area contributed by atoms with E-state index in [-0.39, 0.29) is 30.1 Å². The molecule has 1 aliphatic heterocycles. The molecule has 6 nitrogen and oxygen atoms in total. The Hall–Kier alpha value is -1.15. The topological polar surface area (TPSA) is 87.5 Å². The molecule has 0 radical (unpaired) electrons. The van der Waals surface area contributed by atoms with E-state index in [1.54, 1.807) is 0 Å². The molecule has 1 unspecified atom stereocenters. The van der Waals surface area contributed by atoms with Gasteiger partial charge >= 0.3 is 0 Å². The van der Waals surface area contributed by atoms with E-state index in [2.05, 4.69) is 26.6 Å². The van der Waals surface area contributed by atoms with Crippen molar-refractivity contribution in [2.75, 3.05) is 38.0 Å². The number of hydrogen-bond donors (Lipinski definition) is 3. The highest BCUT2D eigenvalue weighted by molar-refractivity contribution is 9.10. The first-order chi connectivity index (χ1) is 11.1. The Bertz CT molecular complexity index is 541. The molecule has 1 aromatic rings. The van der Waals surface area contributed by atoms with Crippen molar-refractivity contribution in [3.8, 4) is 0 Å². The van der Waals surface area contributed by atoms with E-state index < -0.39 is 0 Å². The number of piperidine rings is 1. The maximum absolute atomic E-state index is 12.1. The van der Waals surface area contributed by atoms with Crippen molar-refractivity contribution in [3.63, 3.8) is 0 Å². The summed E-state index contributed by atoms with van der Waals surface area (Å²) in [7, 11) is 0. The van der Waals surface area contributed by atoms with Crippen molar-refractivity contribution in [2.24, 2.45) is 11.7 Å². The Kier molecular flexibility index (Phi) is 9.28. The maximum Gasteiger partial charge on any atom is 0.238 e. The summed E-state index contributed by atoms with van der Waals surface area (Å²) in [5.74, 6) is -0.0837. The number of nitrogens with two attached hydrogens (primary N) is 1. The van der Waals surface area contributed by atoms with Crippen molar-refractivity contribution >= 4 is 45.8 Å². The summed E-state index contributed by atoms with van der Waals surface area (Å²) in [4.78, 5) is 26.2. The summed E-state index contributed by atoms with van der Waals surface area (Å²) in [5, 5.41) is 5.70. The second-order valence-corrected chi connectivity index (χ2v) is 6.62. The molecule has 1 aliphatic rings. The van der Waals surface area contributed by atoms with Crippen molar-refractivity contribution in [3.05, 3.63) is 28.7 Å². The van der Waals surface area contributed by atoms with E-state index in [1.807, 2.05) is 29.2 Å². The fraction of sp³-hybridized carbons (Fsp3) is 0.500. The first-order valence-electron chi connectivity index (χ1n) is 7.84. The highest BCUT2D eigenvalue weighted by Crippen LogP contribution is 2.17. The Morgan fingerprint density at radius 1 is 1.29 bits per heavy atom. The molecule has 1 atom stereocenters. The zero-order valence-electron chi connectivity index (χ0n) is 13.5. The van der Waals surface area contributed by atoms with Crippen LogP contribution in [0.4, 0.5) is 5.69 Å². The molecule has 1 saturated heterocycles. The monoisotopic (exact) mass is 418 g/mol. The molecule has 2 amide bonds. The lowest BCUT2D eigenvalue weighted by Crippen LogP contribution is -2.46. The second-order valence-electron chi connectivity index (χ2n) is 5.71.